The first-order valence-electron chi connectivity index (χ1n) is 7.13. The summed E-state index contributed by atoms with van der Waals surface area (Å²) in [4.78, 5) is 8.84. The van der Waals surface area contributed by atoms with Gasteiger partial charge >= 0.3 is 0 Å². The number of benzene rings is 1. The lowest BCUT2D eigenvalue weighted by Gasteiger charge is -2.14. The Labute approximate surface area is 130 Å². The van der Waals surface area contributed by atoms with Gasteiger partial charge in [0.1, 0.15) is 17.3 Å². The second-order valence-corrected chi connectivity index (χ2v) is 5.21. The van der Waals surface area contributed by atoms with Crippen LogP contribution in [0.1, 0.15) is 19.5 Å². The van der Waals surface area contributed by atoms with E-state index in [0.29, 0.717) is 11.8 Å². The summed E-state index contributed by atoms with van der Waals surface area (Å²) in [5, 5.41) is 6.46. The fourth-order valence-electron chi connectivity index (χ4n) is 2.01. The van der Waals surface area contributed by atoms with Gasteiger partial charge in [0.15, 0.2) is 0 Å². The maximum Gasteiger partial charge on any atom is 0.225 e. The standard InChI is InChI=1S/C16H22N4O2/c1-10(2)17-16-18-11(3)8-15(20-16)19-13-9-12(21-4)6-7-14(13)22-5/h6-10H,1-5H3,(H2,17,18,19,20). The quantitative estimate of drug-likeness (QED) is 0.852. The third kappa shape index (κ3) is 4.00. The van der Waals surface area contributed by atoms with Gasteiger partial charge in [-0.1, -0.05) is 0 Å². The number of nitrogens with one attached hydrogen (secondary N) is 2. The van der Waals surface area contributed by atoms with Gasteiger partial charge in [-0.05, 0) is 32.9 Å². The van der Waals surface area contributed by atoms with E-state index < -0.39 is 0 Å². The van der Waals surface area contributed by atoms with Crippen molar-refractivity contribution in [2.24, 2.45) is 0 Å². The van der Waals surface area contributed by atoms with E-state index in [0.717, 1.165) is 22.9 Å². The molecule has 22 heavy (non-hydrogen) atoms. The lowest BCUT2D eigenvalue weighted by Crippen LogP contribution is -2.13. The molecule has 0 aliphatic rings. The zero-order valence-electron chi connectivity index (χ0n) is 13.6. The molecule has 6 nitrogen and oxygen atoms in total. The van der Waals surface area contributed by atoms with E-state index in [1.54, 1.807) is 14.2 Å². The maximum absolute atomic E-state index is 5.36. The van der Waals surface area contributed by atoms with Crippen LogP contribution in [0.5, 0.6) is 11.5 Å². The van der Waals surface area contributed by atoms with Gasteiger partial charge in [0.2, 0.25) is 5.95 Å². The topological polar surface area (TPSA) is 68.3 Å². The lowest BCUT2D eigenvalue weighted by molar-refractivity contribution is 0.405. The van der Waals surface area contributed by atoms with Gasteiger partial charge in [0.25, 0.3) is 0 Å². The molecule has 0 saturated heterocycles. The first-order chi connectivity index (χ1) is 10.5. The number of anilines is 3. The predicted octanol–water partition coefficient (Wildman–Crippen LogP) is 3.37. The Bertz CT molecular complexity index is 644. The molecule has 6 heteroatoms. The van der Waals surface area contributed by atoms with Crippen LogP contribution in [-0.4, -0.2) is 30.2 Å². The average molecular weight is 302 g/mol. The Morgan fingerprint density at radius 3 is 2.45 bits per heavy atom. The van der Waals surface area contributed by atoms with Crippen molar-refractivity contribution < 1.29 is 9.47 Å². The molecule has 0 aliphatic heterocycles. The number of nitrogens with zero attached hydrogens (tertiary/aromatic N) is 2. The Morgan fingerprint density at radius 2 is 1.82 bits per heavy atom. The largest absolute Gasteiger partial charge is 0.497 e. The fourth-order valence-corrected chi connectivity index (χ4v) is 2.01. The molecule has 0 fully saturated rings. The molecule has 0 bridgehead atoms. The zero-order valence-corrected chi connectivity index (χ0v) is 13.6. The van der Waals surface area contributed by atoms with E-state index in [9.17, 15) is 0 Å². The van der Waals surface area contributed by atoms with Crippen LogP contribution in [0.2, 0.25) is 0 Å². The van der Waals surface area contributed by atoms with E-state index in [1.807, 2.05) is 45.0 Å². The highest BCUT2D eigenvalue weighted by Gasteiger charge is 2.08. The highest BCUT2D eigenvalue weighted by molar-refractivity contribution is 5.67. The molecular weight excluding hydrogens is 280 g/mol. The molecule has 1 aromatic heterocycles. The average Bonchev–Trinajstić information content (AvgIpc) is 2.45. The summed E-state index contributed by atoms with van der Waals surface area (Å²) in [7, 11) is 3.26. The zero-order chi connectivity index (χ0) is 16.1. The normalized spacial score (nSPS) is 10.5. The fraction of sp³-hybridized carbons (Fsp3) is 0.375. The minimum Gasteiger partial charge on any atom is -0.497 e. The molecule has 0 radical (unpaired) electrons. The van der Waals surface area contributed by atoms with Crippen molar-refractivity contribution in [2.45, 2.75) is 26.8 Å². The molecule has 0 amide bonds. The van der Waals surface area contributed by atoms with Crippen molar-refractivity contribution in [3.8, 4) is 11.5 Å². The highest BCUT2D eigenvalue weighted by Crippen LogP contribution is 2.31. The molecule has 2 N–H and O–H groups in total. The molecule has 118 valence electrons. The van der Waals surface area contributed by atoms with E-state index in [2.05, 4.69) is 20.6 Å². The number of aryl methyl sites for hydroxylation is 1. The van der Waals surface area contributed by atoms with Crippen LogP contribution in [0.3, 0.4) is 0 Å². The van der Waals surface area contributed by atoms with Crippen molar-refractivity contribution in [3.63, 3.8) is 0 Å². The number of hydrogen-bond acceptors (Lipinski definition) is 6. The number of aromatic nitrogens is 2. The molecule has 0 aliphatic carbocycles. The number of rotatable bonds is 6. The number of methoxy groups -OCH3 is 2. The van der Waals surface area contributed by atoms with Crippen LogP contribution in [0, 0.1) is 6.92 Å². The van der Waals surface area contributed by atoms with Crippen LogP contribution < -0.4 is 20.1 Å². The summed E-state index contributed by atoms with van der Waals surface area (Å²) in [6, 6.07) is 7.71. The molecule has 1 heterocycles. The SMILES string of the molecule is COc1ccc(OC)c(Nc2cc(C)nc(NC(C)C)n2)c1. The Kier molecular flexibility index (Phi) is 5.04. The molecule has 1 aromatic carbocycles. The van der Waals surface area contributed by atoms with Gasteiger partial charge in [-0.15, -0.1) is 0 Å². The van der Waals surface area contributed by atoms with Gasteiger partial charge in [0.05, 0.1) is 19.9 Å². The predicted molar refractivity (Wildman–Crippen MR) is 88.4 cm³/mol. The monoisotopic (exact) mass is 302 g/mol. The second kappa shape index (κ2) is 6.98. The molecule has 0 atom stereocenters. The van der Waals surface area contributed by atoms with Crippen molar-refractivity contribution in [3.05, 3.63) is 30.0 Å². The van der Waals surface area contributed by atoms with Gasteiger partial charge in [0, 0.05) is 23.9 Å². The second-order valence-electron chi connectivity index (χ2n) is 5.21. The Morgan fingerprint density at radius 1 is 1.05 bits per heavy atom. The summed E-state index contributed by atoms with van der Waals surface area (Å²) in [6.45, 7) is 6.02. The maximum atomic E-state index is 5.36. The van der Waals surface area contributed by atoms with Crippen LogP contribution in [0.15, 0.2) is 24.3 Å². The van der Waals surface area contributed by atoms with Crippen molar-refractivity contribution in [1.82, 2.24) is 9.97 Å². The molecule has 2 rings (SSSR count). The van der Waals surface area contributed by atoms with Crippen LogP contribution in [-0.2, 0) is 0 Å². The van der Waals surface area contributed by atoms with Crippen LogP contribution >= 0.6 is 0 Å². The van der Waals surface area contributed by atoms with Crippen molar-refractivity contribution in [1.29, 1.82) is 0 Å². The van der Waals surface area contributed by atoms with E-state index in [-0.39, 0.29) is 6.04 Å². The van der Waals surface area contributed by atoms with Crippen LogP contribution in [0.25, 0.3) is 0 Å². The molecular formula is C16H22N4O2. The molecule has 0 unspecified atom stereocenters. The molecule has 0 spiro atoms. The molecule has 0 saturated carbocycles. The summed E-state index contributed by atoms with van der Waals surface area (Å²) < 4.78 is 10.6. The molecule has 2 aromatic rings. The number of ether oxygens (including phenoxy) is 2. The first-order valence-corrected chi connectivity index (χ1v) is 7.13. The van der Waals surface area contributed by atoms with Crippen molar-refractivity contribution >= 4 is 17.5 Å². The Balaban J connectivity index is 2.32. The minimum atomic E-state index is 0.265. The third-order valence-corrected chi connectivity index (χ3v) is 2.94. The van der Waals surface area contributed by atoms with Crippen molar-refractivity contribution in [2.75, 3.05) is 24.9 Å². The van der Waals surface area contributed by atoms with Gasteiger partial charge in [-0.25, -0.2) is 4.98 Å². The summed E-state index contributed by atoms with van der Waals surface area (Å²) in [5.41, 5.74) is 1.66. The van der Waals surface area contributed by atoms with E-state index >= 15 is 0 Å². The summed E-state index contributed by atoms with van der Waals surface area (Å²) in [6.07, 6.45) is 0. The highest BCUT2D eigenvalue weighted by atomic mass is 16.5. The number of hydrogen-bond donors (Lipinski definition) is 2. The van der Waals surface area contributed by atoms with Gasteiger partial charge in [-0.3, -0.25) is 0 Å². The van der Waals surface area contributed by atoms with Gasteiger partial charge in [-0.2, -0.15) is 4.98 Å². The lowest BCUT2D eigenvalue weighted by atomic mass is 10.2. The van der Waals surface area contributed by atoms with Gasteiger partial charge < -0.3 is 20.1 Å². The summed E-state index contributed by atoms with van der Waals surface area (Å²) in [5.74, 6) is 2.76. The first kappa shape index (κ1) is 15.9. The summed E-state index contributed by atoms with van der Waals surface area (Å²) >= 11 is 0. The Hall–Kier alpha value is -2.50. The smallest absolute Gasteiger partial charge is 0.225 e. The van der Waals surface area contributed by atoms with E-state index in [4.69, 9.17) is 9.47 Å². The van der Waals surface area contributed by atoms with E-state index in [1.165, 1.54) is 0 Å². The minimum absolute atomic E-state index is 0.265. The third-order valence-electron chi connectivity index (χ3n) is 2.94. The van der Waals surface area contributed by atoms with Crippen LogP contribution in [0.4, 0.5) is 17.5 Å².